The van der Waals surface area contributed by atoms with Crippen molar-refractivity contribution in [2.75, 3.05) is 12.4 Å². The Morgan fingerprint density at radius 3 is 2.58 bits per heavy atom. The molecule has 2 amide bonds. The van der Waals surface area contributed by atoms with E-state index in [1.54, 1.807) is 0 Å². The van der Waals surface area contributed by atoms with E-state index < -0.39 is 65.8 Å². The zero-order valence-electron chi connectivity index (χ0n) is 17.5. The topological polar surface area (TPSA) is 104 Å². The van der Waals surface area contributed by atoms with Gasteiger partial charge in [0, 0.05) is 23.4 Å². The number of anilines is 1. The SMILES string of the molecule is CC[C@]1(C(F)(F)F)C[C@H](c2ccc(F)c(F)c2OC)[C@H](C(=O)Nc2ccnc(C(N)=O)c2)O1. The minimum absolute atomic E-state index is 0.0319. The van der Waals surface area contributed by atoms with Crippen molar-refractivity contribution in [3.05, 3.63) is 53.4 Å². The quantitative estimate of drug-likeness (QED) is 0.623. The molecule has 0 bridgehead atoms. The molecule has 1 fully saturated rings. The van der Waals surface area contributed by atoms with Crippen LogP contribution in [0.1, 0.15) is 41.7 Å². The van der Waals surface area contributed by atoms with Gasteiger partial charge in [0.05, 0.1) is 7.11 Å². The van der Waals surface area contributed by atoms with Crippen molar-refractivity contribution >= 4 is 17.5 Å². The number of nitrogens with zero attached hydrogens (tertiary/aromatic N) is 1. The second kappa shape index (κ2) is 8.93. The summed E-state index contributed by atoms with van der Waals surface area (Å²) in [5.74, 6) is -6.47. The Morgan fingerprint density at radius 2 is 2.00 bits per heavy atom. The largest absolute Gasteiger partial charge is 0.493 e. The van der Waals surface area contributed by atoms with E-state index in [9.17, 15) is 31.5 Å². The fourth-order valence-corrected chi connectivity index (χ4v) is 3.86. The van der Waals surface area contributed by atoms with E-state index in [0.29, 0.717) is 0 Å². The summed E-state index contributed by atoms with van der Waals surface area (Å²) >= 11 is 0. The van der Waals surface area contributed by atoms with Crippen molar-refractivity contribution in [3.63, 3.8) is 0 Å². The van der Waals surface area contributed by atoms with Crippen molar-refractivity contribution in [1.29, 1.82) is 0 Å². The van der Waals surface area contributed by atoms with Crippen molar-refractivity contribution in [2.45, 2.75) is 43.6 Å². The normalized spacial score (nSPS) is 22.8. The predicted octanol–water partition coefficient (Wildman–Crippen LogP) is 3.69. The van der Waals surface area contributed by atoms with Gasteiger partial charge in [-0.05, 0) is 31.0 Å². The first-order valence-corrected chi connectivity index (χ1v) is 9.77. The maximum atomic E-state index is 14.3. The van der Waals surface area contributed by atoms with E-state index in [-0.39, 0.29) is 16.9 Å². The van der Waals surface area contributed by atoms with Crippen molar-refractivity contribution in [3.8, 4) is 5.75 Å². The molecular weight excluding hydrogens is 453 g/mol. The van der Waals surface area contributed by atoms with Gasteiger partial charge in [-0.2, -0.15) is 17.6 Å². The molecule has 7 nitrogen and oxygen atoms in total. The third-order valence-electron chi connectivity index (χ3n) is 5.58. The number of primary amides is 1. The lowest BCUT2D eigenvalue weighted by atomic mass is 9.84. The number of pyridine rings is 1. The van der Waals surface area contributed by atoms with Crippen LogP contribution in [-0.4, -0.2) is 41.8 Å². The number of ether oxygens (including phenoxy) is 2. The van der Waals surface area contributed by atoms with E-state index in [1.165, 1.54) is 19.2 Å². The molecule has 2 heterocycles. The highest BCUT2D eigenvalue weighted by atomic mass is 19.4. The number of carbonyl (C=O) groups is 2. The van der Waals surface area contributed by atoms with Crippen molar-refractivity contribution in [1.82, 2.24) is 4.98 Å². The highest BCUT2D eigenvalue weighted by Gasteiger charge is 2.63. The molecule has 3 atom stereocenters. The lowest BCUT2D eigenvalue weighted by Crippen LogP contribution is -2.45. The molecule has 0 spiro atoms. The fraction of sp³-hybridized carbons (Fsp3) is 0.381. The number of benzene rings is 1. The molecule has 0 saturated carbocycles. The summed E-state index contributed by atoms with van der Waals surface area (Å²) in [6.45, 7) is 1.25. The van der Waals surface area contributed by atoms with Crippen LogP contribution >= 0.6 is 0 Å². The molecule has 3 N–H and O–H groups in total. The molecule has 0 radical (unpaired) electrons. The van der Waals surface area contributed by atoms with Crippen molar-refractivity contribution < 1.29 is 41.0 Å². The molecule has 12 heteroatoms. The monoisotopic (exact) mass is 473 g/mol. The average molecular weight is 473 g/mol. The number of methoxy groups -OCH3 is 1. The van der Waals surface area contributed by atoms with Crippen LogP contribution in [0.3, 0.4) is 0 Å². The van der Waals surface area contributed by atoms with Crippen LogP contribution in [0.4, 0.5) is 27.6 Å². The average Bonchev–Trinajstić information content (AvgIpc) is 3.17. The fourth-order valence-electron chi connectivity index (χ4n) is 3.86. The van der Waals surface area contributed by atoms with Gasteiger partial charge >= 0.3 is 6.18 Å². The molecule has 1 aliphatic rings. The Bertz CT molecular complexity index is 1080. The minimum Gasteiger partial charge on any atom is -0.493 e. The molecule has 33 heavy (non-hydrogen) atoms. The summed E-state index contributed by atoms with van der Waals surface area (Å²) in [7, 11) is 1.03. The molecule has 1 aliphatic heterocycles. The van der Waals surface area contributed by atoms with Gasteiger partial charge in [-0.15, -0.1) is 0 Å². The van der Waals surface area contributed by atoms with Crippen LogP contribution in [0.15, 0.2) is 30.5 Å². The lowest BCUT2D eigenvalue weighted by molar-refractivity contribution is -0.270. The molecule has 1 aromatic carbocycles. The third-order valence-corrected chi connectivity index (χ3v) is 5.58. The van der Waals surface area contributed by atoms with Crippen LogP contribution in [0.5, 0.6) is 5.75 Å². The number of alkyl halides is 3. The number of halogens is 5. The Balaban J connectivity index is 2.05. The Hall–Kier alpha value is -3.28. The Kier molecular flexibility index (Phi) is 6.59. The van der Waals surface area contributed by atoms with Gasteiger partial charge in [-0.1, -0.05) is 13.0 Å². The van der Waals surface area contributed by atoms with E-state index in [2.05, 4.69) is 10.3 Å². The van der Waals surface area contributed by atoms with Gasteiger partial charge < -0.3 is 20.5 Å². The number of hydrogen-bond donors (Lipinski definition) is 2. The smallest absolute Gasteiger partial charge is 0.417 e. The summed E-state index contributed by atoms with van der Waals surface area (Å²) in [6, 6.07) is 4.23. The van der Waals surface area contributed by atoms with E-state index in [0.717, 1.165) is 25.3 Å². The van der Waals surface area contributed by atoms with Crippen LogP contribution < -0.4 is 15.8 Å². The van der Waals surface area contributed by atoms with Crippen LogP contribution in [0, 0.1) is 11.6 Å². The van der Waals surface area contributed by atoms with Gasteiger partial charge in [0.2, 0.25) is 5.82 Å². The van der Waals surface area contributed by atoms with E-state index in [4.69, 9.17) is 15.2 Å². The summed E-state index contributed by atoms with van der Waals surface area (Å²) in [5.41, 5.74) is 2.15. The highest BCUT2D eigenvalue weighted by molar-refractivity contribution is 5.97. The first kappa shape index (κ1) is 24.4. The number of nitrogens with two attached hydrogens (primary N) is 1. The molecule has 0 unspecified atom stereocenters. The zero-order valence-corrected chi connectivity index (χ0v) is 17.5. The standard InChI is InChI=1S/C21H20F5N3O4/c1-3-20(21(24,25)26)9-12(11-4-5-13(22)15(23)16(11)32-2)17(33-20)19(31)29-10-6-7-28-14(8-10)18(27)30/h4-8,12,17H,3,9H2,1-2H3,(H2,27,30)(H,28,29,31)/t12-,17-,20-/m1/s1. The first-order valence-electron chi connectivity index (χ1n) is 9.77. The van der Waals surface area contributed by atoms with Gasteiger partial charge in [-0.3, -0.25) is 14.6 Å². The molecular formula is C21H20F5N3O4. The van der Waals surface area contributed by atoms with Gasteiger partial charge in [-0.25, -0.2) is 4.39 Å². The molecule has 0 aliphatic carbocycles. The van der Waals surface area contributed by atoms with Crippen LogP contribution in [0.2, 0.25) is 0 Å². The van der Waals surface area contributed by atoms with Crippen LogP contribution in [-0.2, 0) is 9.53 Å². The van der Waals surface area contributed by atoms with Crippen molar-refractivity contribution in [2.24, 2.45) is 5.73 Å². The first-order chi connectivity index (χ1) is 15.4. The van der Waals surface area contributed by atoms with E-state index in [1.807, 2.05) is 0 Å². The maximum Gasteiger partial charge on any atom is 0.417 e. The predicted molar refractivity (Wildman–Crippen MR) is 106 cm³/mol. The Labute approximate surface area is 185 Å². The second-order valence-electron chi connectivity index (χ2n) is 7.46. The number of rotatable bonds is 6. The van der Waals surface area contributed by atoms with Gasteiger partial charge in [0.15, 0.2) is 17.2 Å². The summed E-state index contributed by atoms with van der Waals surface area (Å²) in [4.78, 5) is 28.0. The molecule has 1 saturated heterocycles. The van der Waals surface area contributed by atoms with Gasteiger partial charge in [0.1, 0.15) is 11.8 Å². The Morgan fingerprint density at radius 1 is 1.30 bits per heavy atom. The summed E-state index contributed by atoms with van der Waals surface area (Å²) in [6.07, 6.45) is -6.67. The summed E-state index contributed by atoms with van der Waals surface area (Å²) in [5, 5.41) is 2.37. The summed E-state index contributed by atoms with van der Waals surface area (Å²) < 4.78 is 80.1. The zero-order chi connectivity index (χ0) is 24.6. The highest BCUT2D eigenvalue weighted by Crippen LogP contribution is 2.53. The molecule has 1 aromatic heterocycles. The van der Waals surface area contributed by atoms with Crippen LogP contribution in [0.25, 0.3) is 0 Å². The lowest BCUT2D eigenvalue weighted by Gasteiger charge is -2.30. The number of nitrogens with one attached hydrogen (secondary N) is 1. The molecule has 3 rings (SSSR count). The van der Waals surface area contributed by atoms with Gasteiger partial charge in [0.25, 0.3) is 11.8 Å². The number of carbonyl (C=O) groups excluding carboxylic acids is 2. The second-order valence-corrected chi connectivity index (χ2v) is 7.46. The molecule has 178 valence electrons. The maximum absolute atomic E-state index is 14.3. The number of amides is 2. The molecule has 2 aromatic rings. The number of aromatic nitrogens is 1. The van der Waals surface area contributed by atoms with E-state index >= 15 is 0 Å². The minimum atomic E-state index is -4.85. The number of hydrogen-bond acceptors (Lipinski definition) is 5. The third kappa shape index (κ3) is 4.47.